The van der Waals surface area contributed by atoms with Crippen molar-refractivity contribution in [1.29, 1.82) is 0 Å². The molecular formula is C16H18ClNO2. The molecule has 0 saturated carbocycles. The monoisotopic (exact) mass is 291 g/mol. The molecule has 0 aliphatic heterocycles. The summed E-state index contributed by atoms with van der Waals surface area (Å²) < 4.78 is 5.42. The minimum Gasteiger partial charge on any atom is -0.496 e. The second-order valence-electron chi connectivity index (χ2n) is 4.77. The molecule has 0 aliphatic carbocycles. The molecule has 1 aromatic carbocycles. The first-order chi connectivity index (χ1) is 9.49. The standard InChI is InChI=1S/C16H18ClNO2/c1-5-12-14(17)6-11(7-15(12)20-4)13-8-18-16(19)10(3)9(13)2/h6-8H,5H2,1-4H3,(H,18,19). The van der Waals surface area contributed by atoms with Gasteiger partial charge in [0.25, 0.3) is 5.56 Å². The van der Waals surface area contributed by atoms with E-state index in [1.165, 1.54) is 0 Å². The second kappa shape index (κ2) is 5.71. The van der Waals surface area contributed by atoms with Gasteiger partial charge in [-0.05, 0) is 43.5 Å². The molecule has 0 amide bonds. The van der Waals surface area contributed by atoms with E-state index in [4.69, 9.17) is 16.3 Å². The number of halogens is 1. The van der Waals surface area contributed by atoms with Crippen molar-refractivity contribution in [3.63, 3.8) is 0 Å². The third-order valence-corrected chi connectivity index (χ3v) is 4.03. The lowest BCUT2D eigenvalue weighted by Crippen LogP contribution is -2.11. The molecule has 0 unspecified atom stereocenters. The largest absolute Gasteiger partial charge is 0.496 e. The van der Waals surface area contributed by atoms with Gasteiger partial charge in [0.2, 0.25) is 0 Å². The average Bonchev–Trinajstić information content (AvgIpc) is 2.44. The summed E-state index contributed by atoms with van der Waals surface area (Å²) in [6, 6.07) is 3.88. The molecule has 1 heterocycles. The van der Waals surface area contributed by atoms with Crippen LogP contribution in [0, 0.1) is 13.8 Å². The number of ether oxygens (including phenoxy) is 1. The zero-order valence-electron chi connectivity index (χ0n) is 12.1. The number of methoxy groups -OCH3 is 1. The van der Waals surface area contributed by atoms with Crippen molar-refractivity contribution >= 4 is 11.6 Å². The second-order valence-corrected chi connectivity index (χ2v) is 5.18. The molecule has 0 aliphatic rings. The molecule has 4 heteroatoms. The van der Waals surface area contributed by atoms with Gasteiger partial charge in [-0.25, -0.2) is 0 Å². The van der Waals surface area contributed by atoms with E-state index in [0.717, 1.165) is 40.0 Å². The normalized spacial score (nSPS) is 10.7. The Bertz CT molecular complexity index is 704. The minimum absolute atomic E-state index is 0.0607. The summed E-state index contributed by atoms with van der Waals surface area (Å²) in [6.45, 7) is 5.80. The van der Waals surface area contributed by atoms with E-state index >= 15 is 0 Å². The Hall–Kier alpha value is -1.74. The van der Waals surface area contributed by atoms with Crippen LogP contribution in [0.3, 0.4) is 0 Å². The SMILES string of the molecule is CCc1c(Cl)cc(-c2c[nH]c(=O)c(C)c2C)cc1OC. The molecule has 0 radical (unpaired) electrons. The van der Waals surface area contributed by atoms with Crippen LogP contribution in [0.5, 0.6) is 5.75 Å². The van der Waals surface area contributed by atoms with Gasteiger partial charge in [-0.1, -0.05) is 18.5 Å². The lowest BCUT2D eigenvalue weighted by molar-refractivity contribution is 0.410. The quantitative estimate of drug-likeness (QED) is 0.932. The summed E-state index contributed by atoms with van der Waals surface area (Å²) in [5.74, 6) is 0.776. The highest BCUT2D eigenvalue weighted by molar-refractivity contribution is 6.31. The fraction of sp³-hybridized carbons (Fsp3) is 0.312. The molecular weight excluding hydrogens is 274 g/mol. The zero-order valence-corrected chi connectivity index (χ0v) is 12.9. The molecule has 2 aromatic rings. The van der Waals surface area contributed by atoms with E-state index in [2.05, 4.69) is 4.98 Å². The summed E-state index contributed by atoms with van der Waals surface area (Å²) in [5, 5.41) is 0.685. The minimum atomic E-state index is -0.0607. The fourth-order valence-electron chi connectivity index (χ4n) is 2.32. The number of benzene rings is 1. The van der Waals surface area contributed by atoms with Crippen LogP contribution < -0.4 is 10.3 Å². The van der Waals surface area contributed by atoms with Gasteiger partial charge in [-0.3, -0.25) is 4.79 Å². The number of hydrogen-bond acceptors (Lipinski definition) is 2. The van der Waals surface area contributed by atoms with Gasteiger partial charge in [0.1, 0.15) is 5.75 Å². The Kier molecular flexibility index (Phi) is 4.19. The lowest BCUT2D eigenvalue weighted by atomic mass is 9.98. The van der Waals surface area contributed by atoms with E-state index in [1.54, 1.807) is 13.3 Å². The molecule has 1 N–H and O–H groups in total. The Morgan fingerprint density at radius 2 is 1.95 bits per heavy atom. The molecule has 0 saturated heterocycles. The predicted molar refractivity (Wildman–Crippen MR) is 82.9 cm³/mol. The summed E-state index contributed by atoms with van der Waals surface area (Å²) in [4.78, 5) is 14.4. The van der Waals surface area contributed by atoms with Gasteiger partial charge in [0.15, 0.2) is 0 Å². The maximum atomic E-state index is 11.6. The Balaban J connectivity index is 2.68. The number of hydrogen-bond donors (Lipinski definition) is 1. The van der Waals surface area contributed by atoms with Crippen molar-refractivity contribution in [2.24, 2.45) is 0 Å². The van der Waals surface area contributed by atoms with Gasteiger partial charge in [0, 0.05) is 27.9 Å². The molecule has 1 aromatic heterocycles. The molecule has 20 heavy (non-hydrogen) atoms. The third-order valence-electron chi connectivity index (χ3n) is 3.69. The number of aromatic amines is 1. The third kappa shape index (κ3) is 2.46. The summed E-state index contributed by atoms with van der Waals surface area (Å²) in [7, 11) is 1.64. The first kappa shape index (κ1) is 14.7. The van der Waals surface area contributed by atoms with Crippen LogP contribution in [-0.4, -0.2) is 12.1 Å². The molecule has 0 spiro atoms. The van der Waals surface area contributed by atoms with E-state index < -0.39 is 0 Å². The molecule has 106 valence electrons. The molecule has 0 atom stereocenters. The Morgan fingerprint density at radius 3 is 2.55 bits per heavy atom. The Morgan fingerprint density at radius 1 is 1.25 bits per heavy atom. The van der Waals surface area contributed by atoms with Crippen LogP contribution in [0.15, 0.2) is 23.1 Å². The van der Waals surface area contributed by atoms with Crippen LogP contribution in [0.2, 0.25) is 5.02 Å². The number of aromatic nitrogens is 1. The molecule has 0 fully saturated rings. The van der Waals surface area contributed by atoms with E-state index in [1.807, 2.05) is 32.9 Å². The number of rotatable bonds is 3. The van der Waals surface area contributed by atoms with Gasteiger partial charge >= 0.3 is 0 Å². The smallest absolute Gasteiger partial charge is 0.251 e. The van der Waals surface area contributed by atoms with Crippen molar-refractivity contribution in [2.75, 3.05) is 7.11 Å². The van der Waals surface area contributed by atoms with Crippen LogP contribution in [0.1, 0.15) is 23.6 Å². The van der Waals surface area contributed by atoms with Crippen LogP contribution in [-0.2, 0) is 6.42 Å². The van der Waals surface area contributed by atoms with Crippen molar-refractivity contribution in [3.8, 4) is 16.9 Å². The summed E-state index contributed by atoms with van der Waals surface area (Å²) >= 11 is 6.33. The summed E-state index contributed by atoms with van der Waals surface area (Å²) in [5.41, 5.74) is 4.52. The fourth-order valence-corrected chi connectivity index (χ4v) is 2.66. The van der Waals surface area contributed by atoms with Crippen LogP contribution in [0.4, 0.5) is 0 Å². The average molecular weight is 292 g/mol. The van der Waals surface area contributed by atoms with Gasteiger partial charge in [-0.15, -0.1) is 0 Å². The zero-order chi connectivity index (χ0) is 14.9. The topological polar surface area (TPSA) is 42.1 Å². The number of pyridine rings is 1. The first-order valence-corrected chi connectivity index (χ1v) is 6.93. The lowest BCUT2D eigenvalue weighted by Gasteiger charge is -2.14. The van der Waals surface area contributed by atoms with Crippen molar-refractivity contribution in [3.05, 3.63) is 50.4 Å². The maximum Gasteiger partial charge on any atom is 0.251 e. The molecule has 2 rings (SSSR count). The van der Waals surface area contributed by atoms with Crippen LogP contribution in [0.25, 0.3) is 11.1 Å². The van der Waals surface area contributed by atoms with E-state index in [9.17, 15) is 4.79 Å². The van der Waals surface area contributed by atoms with Gasteiger partial charge in [0.05, 0.1) is 7.11 Å². The first-order valence-electron chi connectivity index (χ1n) is 6.55. The number of nitrogens with one attached hydrogen (secondary N) is 1. The van der Waals surface area contributed by atoms with E-state index in [0.29, 0.717) is 5.02 Å². The Labute approximate surface area is 123 Å². The highest BCUT2D eigenvalue weighted by atomic mass is 35.5. The van der Waals surface area contributed by atoms with Gasteiger partial charge in [-0.2, -0.15) is 0 Å². The highest BCUT2D eigenvalue weighted by Gasteiger charge is 2.13. The highest BCUT2D eigenvalue weighted by Crippen LogP contribution is 2.34. The maximum absolute atomic E-state index is 11.6. The van der Waals surface area contributed by atoms with Crippen molar-refractivity contribution in [1.82, 2.24) is 4.98 Å². The number of H-pyrrole nitrogens is 1. The van der Waals surface area contributed by atoms with Crippen molar-refractivity contribution in [2.45, 2.75) is 27.2 Å². The van der Waals surface area contributed by atoms with Crippen molar-refractivity contribution < 1.29 is 4.74 Å². The van der Waals surface area contributed by atoms with E-state index in [-0.39, 0.29) is 5.56 Å². The predicted octanol–water partition coefficient (Wildman–Crippen LogP) is 3.88. The van der Waals surface area contributed by atoms with Gasteiger partial charge < -0.3 is 9.72 Å². The molecule has 3 nitrogen and oxygen atoms in total. The molecule has 0 bridgehead atoms. The summed E-state index contributed by atoms with van der Waals surface area (Å²) in [6.07, 6.45) is 2.54. The van der Waals surface area contributed by atoms with Crippen LogP contribution >= 0.6 is 11.6 Å².